The number of amides is 3. The van der Waals surface area contributed by atoms with Gasteiger partial charge in [-0.05, 0) is 25.0 Å². The minimum absolute atomic E-state index is 0.254. The number of carbonyl (C=O) groups is 3. The molecule has 1 aromatic rings. The number of hydrogen-bond acceptors (Lipinski definition) is 4. The predicted octanol–water partition coefficient (Wildman–Crippen LogP) is 0.0804. The third kappa shape index (κ3) is 6.05. The molecule has 1 aromatic carbocycles. The number of benzene rings is 1. The van der Waals surface area contributed by atoms with Crippen LogP contribution in [0.5, 0.6) is 0 Å². The Morgan fingerprint density at radius 2 is 1.91 bits per heavy atom. The quantitative estimate of drug-likeness (QED) is 0.588. The lowest BCUT2D eigenvalue weighted by Gasteiger charge is -2.15. The Bertz CT molecular complexity index is 566. The van der Waals surface area contributed by atoms with Gasteiger partial charge in [0.15, 0.2) is 0 Å². The van der Waals surface area contributed by atoms with Gasteiger partial charge in [-0.15, -0.1) is 0 Å². The minimum atomic E-state index is -0.838. The van der Waals surface area contributed by atoms with Crippen LogP contribution in [-0.2, 0) is 9.59 Å². The minimum Gasteiger partial charge on any atom is -0.368 e. The molecule has 0 unspecified atom stereocenters. The van der Waals surface area contributed by atoms with Crippen LogP contribution in [0.1, 0.15) is 29.6 Å². The summed E-state index contributed by atoms with van der Waals surface area (Å²) in [7, 11) is 0. The van der Waals surface area contributed by atoms with Gasteiger partial charge >= 0.3 is 0 Å². The number of nitrogens with zero attached hydrogens (tertiary/aromatic N) is 1. The van der Waals surface area contributed by atoms with Crippen molar-refractivity contribution in [2.45, 2.75) is 25.3 Å². The van der Waals surface area contributed by atoms with Crippen LogP contribution in [0, 0.1) is 11.3 Å². The van der Waals surface area contributed by atoms with Crippen molar-refractivity contribution in [3.63, 3.8) is 0 Å². The highest BCUT2D eigenvalue weighted by Gasteiger charge is 2.18. The molecule has 0 fully saturated rings. The molecular weight excluding hydrogens is 284 g/mol. The maximum absolute atomic E-state index is 11.8. The number of unbranched alkanes of at least 4 members (excludes halogenated alkanes) is 1. The first kappa shape index (κ1) is 17.2. The molecule has 3 amide bonds. The van der Waals surface area contributed by atoms with E-state index in [1.54, 1.807) is 30.3 Å². The van der Waals surface area contributed by atoms with Crippen molar-refractivity contribution in [2.24, 2.45) is 5.73 Å². The van der Waals surface area contributed by atoms with Gasteiger partial charge in [-0.2, -0.15) is 5.26 Å². The van der Waals surface area contributed by atoms with E-state index in [0.717, 1.165) is 0 Å². The lowest BCUT2D eigenvalue weighted by molar-refractivity contribution is -0.126. The Morgan fingerprint density at radius 1 is 1.23 bits per heavy atom. The lowest BCUT2D eigenvalue weighted by Crippen LogP contribution is -2.47. The van der Waals surface area contributed by atoms with E-state index >= 15 is 0 Å². The predicted molar refractivity (Wildman–Crippen MR) is 79.4 cm³/mol. The van der Waals surface area contributed by atoms with Gasteiger partial charge in [0.1, 0.15) is 6.04 Å². The fourth-order valence-corrected chi connectivity index (χ4v) is 1.77. The summed E-state index contributed by atoms with van der Waals surface area (Å²) in [6.45, 7) is -0.254. The van der Waals surface area contributed by atoms with E-state index in [1.165, 1.54) is 0 Å². The average Bonchev–Trinajstić information content (AvgIpc) is 2.52. The van der Waals surface area contributed by atoms with Gasteiger partial charge in [0.2, 0.25) is 11.8 Å². The maximum atomic E-state index is 11.8. The normalized spacial score (nSPS) is 11.0. The van der Waals surface area contributed by atoms with Crippen molar-refractivity contribution in [1.82, 2.24) is 10.6 Å². The molecule has 0 heterocycles. The average molecular weight is 302 g/mol. The molecule has 0 radical (unpaired) electrons. The molecular formula is C15H18N4O3. The van der Waals surface area contributed by atoms with E-state index in [0.29, 0.717) is 18.4 Å². The molecule has 0 aliphatic heterocycles. The number of rotatable bonds is 8. The number of nitrogens with two attached hydrogens (primary N) is 1. The van der Waals surface area contributed by atoms with E-state index in [2.05, 4.69) is 10.6 Å². The van der Waals surface area contributed by atoms with Gasteiger partial charge in [-0.25, -0.2) is 0 Å². The second-order valence-corrected chi connectivity index (χ2v) is 4.62. The van der Waals surface area contributed by atoms with Crippen molar-refractivity contribution in [3.05, 3.63) is 35.9 Å². The van der Waals surface area contributed by atoms with Gasteiger partial charge < -0.3 is 16.4 Å². The molecule has 0 aliphatic rings. The zero-order valence-electron chi connectivity index (χ0n) is 12.0. The molecule has 1 atom stereocenters. The fourth-order valence-electron chi connectivity index (χ4n) is 1.77. The van der Waals surface area contributed by atoms with Gasteiger partial charge in [0.05, 0.1) is 12.6 Å². The SMILES string of the molecule is N#CCCC[C@@H](NC(=O)CNC(=O)c1ccccc1)C(N)=O. The number of primary amides is 1. The summed E-state index contributed by atoms with van der Waals surface area (Å²) in [5.74, 6) is -1.55. The largest absolute Gasteiger partial charge is 0.368 e. The van der Waals surface area contributed by atoms with Crippen LogP contribution in [0.15, 0.2) is 30.3 Å². The molecule has 0 saturated carbocycles. The smallest absolute Gasteiger partial charge is 0.251 e. The molecule has 7 heteroatoms. The van der Waals surface area contributed by atoms with Crippen molar-refractivity contribution in [2.75, 3.05) is 6.54 Å². The standard InChI is InChI=1S/C15H18N4O3/c16-9-5-4-8-12(14(17)21)19-13(20)10-18-15(22)11-6-2-1-3-7-11/h1-3,6-7,12H,4-5,8,10H2,(H2,17,21)(H,18,22)(H,19,20)/t12-/m1/s1. The summed E-state index contributed by atoms with van der Waals surface area (Å²) in [5, 5.41) is 13.4. The van der Waals surface area contributed by atoms with Crippen LogP contribution in [-0.4, -0.2) is 30.3 Å². The van der Waals surface area contributed by atoms with E-state index in [9.17, 15) is 14.4 Å². The Kier molecular flexibility index (Phi) is 7.13. The van der Waals surface area contributed by atoms with Gasteiger partial charge in [-0.1, -0.05) is 18.2 Å². The summed E-state index contributed by atoms with van der Waals surface area (Å²) in [4.78, 5) is 34.7. The summed E-state index contributed by atoms with van der Waals surface area (Å²) in [5.41, 5.74) is 5.63. The number of nitrogens with one attached hydrogen (secondary N) is 2. The van der Waals surface area contributed by atoms with Crippen molar-refractivity contribution in [1.29, 1.82) is 5.26 Å². The van der Waals surface area contributed by atoms with E-state index in [4.69, 9.17) is 11.0 Å². The van der Waals surface area contributed by atoms with Crippen LogP contribution < -0.4 is 16.4 Å². The van der Waals surface area contributed by atoms with Crippen LogP contribution in [0.3, 0.4) is 0 Å². The van der Waals surface area contributed by atoms with E-state index in [1.807, 2.05) is 6.07 Å². The molecule has 116 valence electrons. The summed E-state index contributed by atoms with van der Waals surface area (Å²) >= 11 is 0. The monoisotopic (exact) mass is 302 g/mol. The first-order valence-corrected chi connectivity index (χ1v) is 6.83. The molecule has 4 N–H and O–H groups in total. The lowest BCUT2D eigenvalue weighted by atomic mass is 10.1. The third-order valence-corrected chi connectivity index (χ3v) is 2.91. The van der Waals surface area contributed by atoms with Crippen molar-refractivity contribution in [3.8, 4) is 6.07 Å². The number of nitriles is 1. The highest BCUT2D eigenvalue weighted by atomic mass is 16.2. The fraction of sp³-hybridized carbons (Fsp3) is 0.333. The van der Waals surface area contributed by atoms with Crippen LogP contribution in [0.2, 0.25) is 0 Å². The number of hydrogen-bond donors (Lipinski definition) is 3. The Morgan fingerprint density at radius 3 is 2.50 bits per heavy atom. The molecule has 0 aromatic heterocycles. The summed E-state index contributed by atoms with van der Waals surface area (Å²) < 4.78 is 0. The molecule has 0 bridgehead atoms. The number of carbonyl (C=O) groups excluding carboxylic acids is 3. The highest BCUT2D eigenvalue weighted by Crippen LogP contribution is 2.00. The van der Waals surface area contributed by atoms with Crippen LogP contribution in [0.25, 0.3) is 0 Å². The highest BCUT2D eigenvalue weighted by molar-refractivity contribution is 5.97. The second-order valence-electron chi connectivity index (χ2n) is 4.62. The zero-order chi connectivity index (χ0) is 16.4. The van der Waals surface area contributed by atoms with Crippen LogP contribution >= 0.6 is 0 Å². The first-order chi connectivity index (χ1) is 10.5. The van der Waals surface area contributed by atoms with Crippen molar-refractivity contribution < 1.29 is 14.4 Å². The summed E-state index contributed by atoms with van der Waals surface area (Å²) in [6.07, 6.45) is 1.03. The molecule has 0 spiro atoms. The maximum Gasteiger partial charge on any atom is 0.251 e. The van der Waals surface area contributed by atoms with Crippen LogP contribution in [0.4, 0.5) is 0 Å². The zero-order valence-corrected chi connectivity index (χ0v) is 12.0. The molecule has 22 heavy (non-hydrogen) atoms. The summed E-state index contributed by atoms with van der Waals surface area (Å²) in [6, 6.07) is 9.58. The third-order valence-electron chi connectivity index (χ3n) is 2.91. The van der Waals surface area contributed by atoms with E-state index < -0.39 is 17.9 Å². The second kappa shape index (κ2) is 9.13. The van der Waals surface area contributed by atoms with Gasteiger partial charge in [0, 0.05) is 12.0 Å². The topological polar surface area (TPSA) is 125 Å². The molecule has 0 saturated heterocycles. The Labute approximate surface area is 128 Å². The Balaban J connectivity index is 2.42. The van der Waals surface area contributed by atoms with E-state index in [-0.39, 0.29) is 18.9 Å². The molecule has 1 rings (SSSR count). The molecule has 0 aliphatic carbocycles. The first-order valence-electron chi connectivity index (χ1n) is 6.83. The van der Waals surface area contributed by atoms with Gasteiger partial charge in [-0.3, -0.25) is 14.4 Å². The van der Waals surface area contributed by atoms with Crippen molar-refractivity contribution >= 4 is 17.7 Å². The Hall–Kier alpha value is -2.88. The molecule has 7 nitrogen and oxygen atoms in total. The van der Waals surface area contributed by atoms with Gasteiger partial charge in [0.25, 0.3) is 5.91 Å².